The van der Waals surface area contributed by atoms with Crippen LogP contribution in [0, 0.1) is 0 Å². The number of benzene rings is 2. The van der Waals surface area contributed by atoms with Crippen LogP contribution in [0.15, 0.2) is 60.9 Å². The van der Waals surface area contributed by atoms with Gasteiger partial charge in [0.25, 0.3) is 0 Å². The second-order valence-electron chi connectivity index (χ2n) is 6.51. The van der Waals surface area contributed by atoms with Crippen molar-refractivity contribution < 1.29 is 9.53 Å². The smallest absolute Gasteiger partial charge is 0.225 e. The maximum Gasteiger partial charge on any atom is 0.225 e. The molecule has 3 rings (SSSR count). The Kier molecular flexibility index (Phi) is 6.68. The van der Waals surface area contributed by atoms with Gasteiger partial charge >= 0.3 is 0 Å². The van der Waals surface area contributed by atoms with E-state index in [0.29, 0.717) is 36.0 Å². The molecule has 0 aliphatic carbocycles. The summed E-state index contributed by atoms with van der Waals surface area (Å²) in [5, 5.41) is 7.80. The van der Waals surface area contributed by atoms with E-state index in [4.69, 9.17) is 16.3 Å². The van der Waals surface area contributed by atoms with Crippen molar-refractivity contribution in [3.05, 3.63) is 71.5 Å². The molecule has 0 aliphatic rings. The summed E-state index contributed by atoms with van der Waals surface area (Å²) < 4.78 is 7.10. The molecule has 2 aromatic carbocycles. The molecular weight excluding hydrogens is 376 g/mol. The average Bonchev–Trinajstić information content (AvgIpc) is 3.16. The number of carbonyl (C=O) groups is 1. The van der Waals surface area contributed by atoms with Crippen molar-refractivity contribution in [2.75, 3.05) is 26.0 Å². The molecule has 0 aliphatic heterocycles. The second-order valence-corrected chi connectivity index (χ2v) is 6.95. The van der Waals surface area contributed by atoms with Gasteiger partial charge in [0.15, 0.2) is 0 Å². The fraction of sp³-hybridized carbons (Fsp3) is 0.238. The van der Waals surface area contributed by atoms with E-state index in [1.807, 2.05) is 54.5 Å². The van der Waals surface area contributed by atoms with Crippen molar-refractivity contribution in [2.45, 2.75) is 13.0 Å². The van der Waals surface area contributed by atoms with Crippen LogP contribution >= 0.6 is 11.6 Å². The number of para-hydroxylation sites is 1. The Morgan fingerprint density at radius 3 is 2.79 bits per heavy atom. The first-order valence-corrected chi connectivity index (χ1v) is 9.34. The molecule has 0 atom stereocenters. The van der Waals surface area contributed by atoms with E-state index >= 15 is 0 Å². The van der Waals surface area contributed by atoms with Gasteiger partial charge in [0.05, 0.1) is 24.7 Å². The van der Waals surface area contributed by atoms with Crippen LogP contribution in [0.2, 0.25) is 5.02 Å². The van der Waals surface area contributed by atoms with E-state index in [-0.39, 0.29) is 5.91 Å². The Hall–Kier alpha value is -2.83. The molecule has 1 aromatic heterocycles. The number of nitrogens with one attached hydrogen (secondary N) is 1. The summed E-state index contributed by atoms with van der Waals surface area (Å²) in [5.41, 5.74) is 2.68. The molecule has 1 heterocycles. The molecule has 1 N–H and O–H groups in total. The monoisotopic (exact) mass is 398 g/mol. The van der Waals surface area contributed by atoms with Crippen molar-refractivity contribution in [1.82, 2.24) is 14.7 Å². The van der Waals surface area contributed by atoms with Gasteiger partial charge in [0, 0.05) is 36.3 Å². The highest BCUT2D eigenvalue weighted by Gasteiger charge is 2.10. The average molecular weight is 399 g/mol. The zero-order chi connectivity index (χ0) is 19.9. The van der Waals surface area contributed by atoms with Gasteiger partial charge in [0.1, 0.15) is 5.75 Å². The molecule has 146 valence electrons. The topological polar surface area (TPSA) is 59.4 Å². The molecule has 0 unspecified atom stereocenters. The Balaban J connectivity index is 1.51. The Labute approximate surface area is 169 Å². The van der Waals surface area contributed by atoms with Crippen LogP contribution in [-0.2, 0) is 11.3 Å². The van der Waals surface area contributed by atoms with Crippen molar-refractivity contribution in [3.8, 4) is 11.4 Å². The maximum absolute atomic E-state index is 12.3. The van der Waals surface area contributed by atoms with Crippen molar-refractivity contribution >= 4 is 23.2 Å². The normalized spacial score (nSPS) is 10.9. The number of rotatable bonds is 8. The minimum Gasteiger partial charge on any atom is -0.495 e. The van der Waals surface area contributed by atoms with Crippen molar-refractivity contribution in [2.24, 2.45) is 0 Å². The zero-order valence-electron chi connectivity index (χ0n) is 15.9. The highest BCUT2D eigenvalue weighted by atomic mass is 35.5. The van der Waals surface area contributed by atoms with E-state index in [0.717, 1.165) is 11.3 Å². The fourth-order valence-electron chi connectivity index (χ4n) is 2.84. The van der Waals surface area contributed by atoms with Crippen LogP contribution in [-0.4, -0.2) is 41.3 Å². The number of amides is 1. The van der Waals surface area contributed by atoms with Gasteiger partial charge in [0.2, 0.25) is 5.91 Å². The number of methoxy groups -OCH3 is 1. The summed E-state index contributed by atoms with van der Waals surface area (Å²) in [6.45, 7) is 1.33. The molecule has 0 saturated carbocycles. The first-order chi connectivity index (χ1) is 13.5. The molecule has 0 bridgehead atoms. The number of nitrogens with zero attached hydrogens (tertiary/aromatic N) is 3. The number of hydrogen-bond donors (Lipinski definition) is 1. The molecule has 0 saturated heterocycles. The number of carbonyl (C=O) groups excluding carboxylic acids is 1. The minimum absolute atomic E-state index is 0.0904. The van der Waals surface area contributed by atoms with Gasteiger partial charge in [-0.2, -0.15) is 5.10 Å². The third kappa shape index (κ3) is 5.34. The Morgan fingerprint density at radius 1 is 1.25 bits per heavy atom. The predicted octanol–water partition coefficient (Wildman–Crippen LogP) is 3.99. The molecule has 28 heavy (non-hydrogen) atoms. The van der Waals surface area contributed by atoms with Crippen LogP contribution in [0.1, 0.15) is 12.0 Å². The third-order valence-corrected chi connectivity index (χ3v) is 4.50. The second kappa shape index (κ2) is 9.39. The summed E-state index contributed by atoms with van der Waals surface area (Å²) in [4.78, 5) is 14.4. The molecule has 7 heteroatoms. The highest BCUT2D eigenvalue weighted by molar-refractivity contribution is 6.31. The SMILES string of the molecule is COc1ccc(Cl)cc1NC(=O)CCN(C)Cc1cnn(-c2ccccc2)c1. The van der Waals surface area contributed by atoms with Crippen molar-refractivity contribution in [3.63, 3.8) is 0 Å². The summed E-state index contributed by atoms with van der Waals surface area (Å²) >= 11 is 6.00. The Bertz CT molecular complexity index is 927. The van der Waals surface area contributed by atoms with Crippen LogP contribution < -0.4 is 10.1 Å². The standard InChI is InChI=1S/C21H23ClN4O2/c1-25(14-16-13-23-26(15-16)18-6-4-3-5-7-18)11-10-21(27)24-19-12-17(22)8-9-20(19)28-2/h3-9,12-13,15H,10-11,14H2,1-2H3,(H,24,27). The molecule has 3 aromatic rings. The summed E-state index contributed by atoms with van der Waals surface area (Å²) in [7, 11) is 3.54. The summed E-state index contributed by atoms with van der Waals surface area (Å²) in [6.07, 6.45) is 4.21. The highest BCUT2D eigenvalue weighted by Crippen LogP contribution is 2.27. The minimum atomic E-state index is -0.0904. The van der Waals surface area contributed by atoms with Crippen molar-refractivity contribution in [1.29, 1.82) is 0 Å². The van der Waals surface area contributed by atoms with Gasteiger partial charge in [-0.1, -0.05) is 29.8 Å². The molecule has 1 amide bonds. The van der Waals surface area contributed by atoms with E-state index in [2.05, 4.69) is 15.3 Å². The summed E-state index contributed by atoms with van der Waals surface area (Å²) in [6, 6.07) is 15.1. The predicted molar refractivity (Wildman–Crippen MR) is 111 cm³/mol. The zero-order valence-corrected chi connectivity index (χ0v) is 16.7. The number of hydrogen-bond acceptors (Lipinski definition) is 4. The fourth-order valence-corrected chi connectivity index (χ4v) is 3.01. The quantitative estimate of drug-likeness (QED) is 0.623. The van der Waals surface area contributed by atoms with Crippen LogP contribution in [0.25, 0.3) is 5.69 Å². The summed E-state index contributed by atoms with van der Waals surface area (Å²) in [5.74, 6) is 0.492. The van der Waals surface area contributed by atoms with E-state index in [1.54, 1.807) is 25.3 Å². The number of ether oxygens (including phenoxy) is 1. The first kappa shape index (κ1) is 19.9. The lowest BCUT2D eigenvalue weighted by atomic mass is 10.2. The van der Waals surface area contributed by atoms with Crippen LogP contribution in [0.5, 0.6) is 5.75 Å². The Morgan fingerprint density at radius 2 is 2.04 bits per heavy atom. The molecule has 6 nitrogen and oxygen atoms in total. The van der Waals surface area contributed by atoms with Crippen LogP contribution in [0.3, 0.4) is 0 Å². The van der Waals surface area contributed by atoms with E-state index < -0.39 is 0 Å². The number of anilines is 1. The lowest BCUT2D eigenvalue weighted by molar-refractivity contribution is -0.116. The lowest BCUT2D eigenvalue weighted by Gasteiger charge is -2.16. The molecule has 0 spiro atoms. The maximum atomic E-state index is 12.3. The van der Waals surface area contributed by atoms with Gasteiger partial charge < -0.3 is 15.0 Å². The first-order valence-electron chi connectivity index (χ1n) is 8.96. The number of aromatic nitrogens is 2. The third-order valence-electron chi connectivity index (χ3n) is 4.27. The van der Waals surface area contributed by atoms with Gasteiger partial charge in [-0.3, -0.25) is 4.79 Å². The van der Waals surface area contributed by atoms with Gasteiger partial charge in [-0.25, -0.2) is 4.68 Å². The molecule has 0 fully saturated rings. The molecular formula is C21H23ClN4O2. The molecule has 0 radical (unpaired) electrons. The van der Waals surface area contributed by atoms with Crippen LogP contribution in [0.4, 0.5) is 5.69 Å². The van der Waals surface area contributed by atoms with Gasteiger partial charge in [-0.05, 0) is 37.4 Å². The van der Waals surface area contributed by atoms with E-state index in [1.165, 1.54) is 0 Å². The van der Waals surface area contributed by atoms with Gasteiger partial charge in [-0.15, -0.1) is 0 Å². The number of halogens is 1. The van der Waals surface area contributed by atoms with E-state index in [9.17, 15) is 4.79 Å². The lowest BCUT2D eigenvalue weighted by Crippen LogP contribution is -2.24. The largest absolute Gasteiger partial charge is 0.495 e.